The molecule has 0 radical (unpaired) electrons. The van der Waals surface area contributed by atoms with Gasteiger partial charge in [0.05, 0.1) is 5.56 Å². The summed E-state index contributed by atoms with van der Waals surface area (Å²) < 4.78 is 65.8. The van der Waals surface area contributed by atoms with Crippen LogP contribution in [0.25, 0.3) is 0 Å². The average Bonchev–Trinajstić information content (AvgIpc) is 3.28. The van der Waals surface area contributed by atoms with Gasteiger partial charge in [-0.05, 0) is 24.7 Å². The van der Waals surface area contributed by atoms with E-state index in [-0.39, 0.29) is 22.1 Å². The van der Waals surface area contributed by atoms with E-state index in [4.69, 9.17) is 0 Å². The minimum absolute atomic E-state index is 0.0537. The lowest BCUT2D eigenvalue weighted by Gasteiger charge is -2.07. The van der Waals surface area contributed by atoms with Crippen molar-refractivity contribution in [2.75, 3.05) is 12.4 Å². The SMILES string of the molecule is CNS(=O)(=O)c1cc(C(=O)Nc2ncc(Cc3cccc(C(F)(F)F)c3)s2)n(C)c1. The first-order valence-electron chi connectivity index (χ1n) is 8.51. The molecule has 0 aliphatic carbocycles. The third kappa shape index (κ3) is 4.89. The molecule has 0 fully saturated rings. The highest BCUT2D eigenvalue weighted by Gasteiger charge is 2.30. The molecule has 12 heteroatoms. The van der Waals surface area contributed by atoms with Crippen LogP contribution in [0.15, 0.2) is 47.6 Å². The fraction of sp³-hybridized carbons (Fsp3) is 0.222. The molecule has 0 atom stereocenters. The summed E-state index contributed by atoms with van der Waals surface area (Å²) in [6, 6.07) is 6.24. The smallest absolute Gasteiger partial charge is 0.345 e. The van der Waals surface area contributed by atoms with Crippen molar-refractivity contribution in [3.8, 4) is 0 Å². The molecule has 1 aromatic carbocycles. The van der Waals surface area contributed by atoms with E-state index in [0.29, 0.717) is 10.4 Å². The average molecular weight is 458 g/mol. The van der Waals surface area contributed by atoms with Crippen LogP contribution in [-0.4, -0.2) is 30.9 Å². The molecule has 0 saturated heterocycles. The van der Waals surface area contributed by atoms with Gasteiger partial charge in [0.1, 0.15) is 10.6 Å². The Morgan fingerprint density at radius 1 is 1.27 bits per heavy atom. The number of carbonyl (C=O) groups is 1. The van der Waals surface area contributed by atoms with Crippen LogP contribution in [0.4, 0.5) is 18.3 Å². The standard InChI is InChI=1S/C18H17F3N4O3S2/c1-22-30(27,28)14-8-15(25(2)10-14)16(26)24-17-23-9-13(29-17)7-11-4-3-5-12(6-11)18(19,20)21/h3-6,8-10,22H,7H2,1-2H3,(H,23,24,26). The zero-order chi connectivity index (χ0) is 22.1. The third-order valence-electron chi connectivity index (χ3n) is 4.20. The number of halogens is 3. The lowest BCUT2D eigenvalue weighted by atomic mass is 10.1. The maximum atomic E-state index is 12.8. The number of anilines is 1. The van der Waals surface area contributed by atoms with Crippen molar-refractivity contribution in [3.63, 3.8) is 0 Å². The molecule has 30 heavy (non-hydrogen) atoms. The Hall–Kier alpha value is -2.70. The predicted octanol–water partition coefficient (Wildman–Crippen LogP) is 3.25. The zero-order valence-electron chi connectivity index (χ0n) is 15.8. The molecule has 0 unspecified atom stereocenters. The Morgan fingerprint density at radius 3 is 2.67 bits per heavy atom. The molecule has 1 amide bonds. The van der Waals surface area contributed by atoms with Crippen LogP contribution in [0.2, 0.25) is 0 Å². The minimum Gasteiger partial charge on any atom is -0.345 e. The van der Waals surface area contributed by atoms with Crippen molar-refractivity contribution >= 4 is 32.4 Å². The summed E-state index contributed by atoms with van der Waals surface area (Å²) >= 11 is 1.12. The van der Waals surface area contributed by atoms with Gasteiger partial charge in [0.25, 0.3) is 5.91 Å². The Balaban J connectivity index is 1.73. The Morgan fingerprint density at radius 2 is 2.00 bits per heavy atom. The number of thiazole rings is 1. The monoisotopic (exact) mass is 458 g/mol. The van der Waals surface area contributed by atoms with Crippen LogP contribution < -0.4 is 10.0 Å². The highest BCUT2D eigenvalue weighted by molar-refractivity contribution is 7.89. The molecule has 2 aromatic heterocycles. The molecule has 0 aliphatic heterocycles. The normalized spacial score (nSPS) is 12.2. The van der Waals surface area contributed by atoms with E-state index in [1.807, 2.05) is 0 Å². The van der Waals surface area contributed by atoms with Gasteiger partial charge < -0.3 is 4.57 Å². The zero-order valence-corrected chi connectivity index (χ0v) is 17.5. The van der Waals surface area contributed by atoms with Gasteiger partial charge in [0.2, 0.25) is 10.0 Å². The van der Waals surface area contributed by atoms with E-state index in [1.165, 1.54) is 43.2 Å². The van der Waals surface area contributed by atoms with Crippen LogP contribution in [0, 0.1) is 0 Å². The Kier molecular flexibility index (Phi) is 6.01. The first-order valence-corrected chi connectivity index (χ1v) is 10.8. The second-order valence-corrected chi connectivity index (χ2v) is 9.34. The molecular formula is C18H17F3N4O3S2. The Bertz CT molecular complexity index is 1180. The van der Waals surface area contributed by atoms with Crippen molar-refractivity contribution in [2.24, 2.45) is 7.05 Å². The second kappa shape index (κ2) is 8.20. The van der Waals surface area contributed by atoms with Gasteiger partial charge >= 0.3 is 6.18 Å². The number of hydrogen-bond donors (Lipinski definition) is 2. The summed E-state index contributed by atoms with van der Waals surface area (Å²) in [7, 11) is -0.895. The molecule has 160 valence electrons. The number of alkyl halides is 3. The molecule has 7 nitrogen and oxygen atoms in total. The number of hydrogen-bond acceptors (Lipinski definition) is 5. The number of amides is 1. The molecule has 0 aliphatic rings. The predicted molar refractivity (Wildman–Crippen MR) is 106 cm³/mol. The van der Waals surface area contributed by atoms with Gasteiger partial charge in [0, 0.05) is 30.7 Å². The fourth-order valence-electron chi connectivity index (χ4n) is 2.69. The van der Waals surface area contributed by atoms with Crippen LogP contribution >= 0.6 is 11.3 Å². The quantitative estimate of drug-likeness (QED) is 0.593. The van der Waals surface area contributed by atoms with E-state index in [1.54, 1.807) is 6.07 Å². The molecule has 2 N–H and O–H groups in total. The largest absolute Gasteiger partial charge is 0.416 e. The van der Waals surface area contributed by atoms with Crippen LogP contribution in [0.1, 0.15) is 26.5 Å². The fourth-order valence-corrected chi connectivity index (χ4v) is 4.33. The van der Waals surface area contributed by atoms with Crippen molar-refractivity contribution in [3.05, 3.63) is 64.4 Å². The van der Waals surface area contributed by atoms with E-state index >= 15 is 0 Å². The van der Waals surface area contributed by atoms with Gasteiger partial charge in [-0.3, -0.25) is 10.1 Å². The van der Waals surface area contributed by atoms with Crippen molar-refractivity contribution < 1.29 is 26.4 Å². The van der Waals surface area contributed by atoms with Crippen molar-refractivity contribution in [2.45, 2.75) is 17.5 Å². The number of carbonyl (C=O) groups excluding carboxylic acids is 1. The molecule has 0 spiro atoms. The van der Waals surface area contributed by atoms with Gasteiger partial charge in [0.15, 0.2) is 5.13 Å². The van der Waals surface area contributed by atoms with Crippen molar-refractivity contribution in [1.82, 2.24) is 14.3 Å². The summed E-state index contributed by atoms with van der Waals surface area (Å²) in [4.78, 5) is 17.2. The number of nitrogens with zero attached hydrogens (tertiary/aromatic N) is 2. The Labute approximate surface area is 174 Å². The molecule has 0 saturated carbocycles. The lowest BCUT2D eigenvalue weighted by molar-refractivity contribution is -0.137. The summed E-state index contributed by atoms with van der Waals surface area (Å²) in [6.45, 7) is 0. The minimum atomic E-state index is -4.42. The topological polar surface area (TPSA) is 93.1 Å². The first kappa shape index (κ1) is 22.0. The lowest BCUT2D eigenvalue weighted by Crippen LogP contribution is -2.18. The highest BCUT2D eigenvalue weighted by atomic mass is 32.2. The van der Waals surface area contributed by atoms with Crippen LogP contribution in [0.3, 0.4) is 0 Å². The molecule has 0 bridgehead atoms. The number of rotatable bonds is 6. The molecule has 3 rings (SSSR count). The van der Waals surface area contributed by atoms with E-state index in [9.17, 15) is 26.4 Å². The van der Waals surface area contributed by atoms with Gasteiger partial charge in [-0.2, -0.15) is 13.2 Å². The number of aromatic nitrogens is 2. The molecular weight excluding hydrogens is 441 g/mol. The first-order chi connectivity index (χ1) is 14.0. The summed E-state index contributed by atoms with van der Waals surface area (Å²) in [5, 5.41) is 2.83. The summed E-state index contributed by atoms with van der Waals surface area (Å²) in [5.41, 5.74) is -0.150. The summed E-state index contributed by atoms with van der Waals surface area (Å²) in [5.74, 6) is -0.560. The number of benzene rings is 1. The van der Waals surface area contributed by atoms with E-state index in [2.05, 4.69) is 15.0 Å². The van der Waals surface area contributed by atoms with Crippen LogP contribution in [-0.2, 0) is 29.7 Å². The van der Waals surface area contributed by atoms with Crippen molar-refractivity contribution in [1.29, 1.82) is 0 Å². The van der Waals surface area contributed by atoms with Gasteiger partial charge in [-0.15, -0.1) is 11.3 Å². The maximum Gasteiger partial charge on any atom is 0.416 e. The van der Waals surface area contributed by atoms with E-state index in [0.717, 1.165) is 23.5 Å². The van der Waals surface area contributed by atoms with Gasteiger partial charge in [-0.1, -0.05) is 18.2 Å². The molecule has 3 aromatic rings. The number of aryl methyl sites for hydroxylation is 1. The van der Waals surface area contributed by atoms with Crippen LogP contribution in [0.5, 0.6) is 0 Å². The number of nitrogens with one attached hydrogen (secondary N) is 2. The van der Waals surface area contributed by atoms with Gasteiger partial charge in [-0.25, -0.2) is 18.1 Å². The highest BCUT2D eigenvalue weighted by Crippen LogP contribution is 2.30. The maximum absolute atomic E-state index is 12.8. The number of sulfonamides is 1. The molecule has 2 heterocycles. The summed E-state index contributed by atoms with van der Waals surface area (Å²) in [6.07, 6.45) is -1.41. The second-order valence-electron chi connectivity index (χ2n) is 6.34. The third-order valence-corrected chi connectivity index (χ3v) is 6.49. The van der Waals surface area contributed by atoms with E-state index < -0.39 is 27.7 Å².